The Kier molecular flexibility index (Phi) is 5.53. The van der Waals surface area contributed by atoms with Crippen molar-refractivity contribution in [1.82, 2.24) is 0 Å². The first-order valence-electron chi connectivity index (χ1n) is 5.55. The summed E-state index contributed by atoms with van der Waals surface area (Å²) in [4.78, 5) is 11.6. The molecule has 0 bridgehead atoms. The van der Waals surface area contributed by atoms with E-state index in [1.54, 1.807) is 0 Å². The van der Waals surface area contributed by atoms with Crippen LogP contribution in [0.5, 0.6) is 0 Å². The number of anilines is 1. The number of nitrogens with two attached hydrogens (primary N) is 2. The Morgan fingerprint density at radius 3 is 2.56 bits per heavy atom. The van der Waals surface area contributed by atoms with Gasteiger partial charge in [-0.25, -0.2) is 0 Å². The molecule has 1 aromatic carbocycles. The number of amides is 1. The van der Waals surface area contributed by atoms with Crippen LogP contribution in [0.3, 0.4) is 0 Å². The van der Waals surface area contributed by atoms with Gasteiger partial charge < -0.3 is 16.8 Å². The monoisotopic (exact) mass is 221 g/mol. The van der Waals surface area contributed by atoms with Crippen LogP contribution in [0.4, 0.5) is 5.69 Å². The Balaban J connectivity index is 2.34. The average molecular weight is 221 g/mol. The van der Waals surface area contributed by atoms with Crippen molar-refractivity contribution in [1.29, 1.82) is 0 Å². The van der Waals surface area contributed by atoms with Crippen LogP contribution in [0.1, 0.15) is 19.3 Å². The van der Waals surface area contributed by atoms with Crippen molar-refractivity contribution in [2.24, 2.45) is 11.5 Å². The van der Waals surface area contributed by atoms with Crippen LogP contribution >= 0.6 is 0 Å². The highest BCUT2D eigenvalue weighted by Crippen LogP contribution is 2.06. The van der Waals surface area contributed by atoms with Gasteiger partial charge in [-0.3, -0.25) is 4.79 Å². The molecule has 0 aliphatic carbocycles. The van der Waals surface area contributed by atoms with Crippen LogP contribution in [0.2, 0.25) is 0 Å². The zero-order valence-corrected chi connectivity index (χ0v) is 9.36. The first-order chi connectivity index (χ1) is 7.74. The highest BCUT2D eigenvalue weighted by molar-refractivity contribution is 5.94. The molecule has 88 valence electrons. The molecule has 0 spiro atoms. The van der Waals surface area contributed by atoms with Gasteiger partial charge >= 0.3 is 0 Å². The van der Waals surface area contributed by atoms with Crippen LogP contribution in [0.25, 0.3) is 0 Å². The molecule has 4 heteroatoms. The molecule has 16 heavy (non-hydrogen) atoms. The van der Waals surface area contributed by atoms with Crippen LogP contribution in [0, 0.1) is 0 Å². The molecule has 1 aromatic rings. The van der Waals surface area contributed by atoms with Crippen molar-refractivity contribution in [3.05, 3.63) is 30.3 Å². The first kappa shape index (κ1) is 12.7. The molecule has 0 radical (unpaired) electrons. The second kappa shape index (κ2) is 6.98. The van der Waals surface area contributed by atoms with E-state index in [0.29, 0.717) is 13.0 Å². The highest BCUT2D eigenvalue weighted by atomic mass is 16.2. The van der Waals surface area contributed by atoms with Crippen molar-refractivity contribution in [3.63, 3.8) is 0 Å². The number of para-hydroxylation sites is 1. The Bertz CT molecular complexity index is 313. The smallest absolute Gasteiger partial charge is 0.241 e. The Hall–Kier alpha value is -1.39. The Labute approximate surface area is 96.0 Å². The lowest BCUT2D eigenvalue weighted by Gasteiger charge is -2.11. The second-order valence-corrected chi connectivity index (χ2v) is 3.75. The standard InChI is InChI=1S/C12H19N3O/c13-9-5-4-8-11(14)12(16)15-10-6-2-1-3-7-10/h1-3,6-7,11H,4-5,8-9,13-14H2,(H,15,16). The zero-order valence-electron chi connectivity index (χ0n) is 9.36. The number of carbonyl (C=O) groups excluding carboxylic acids is 1. The van der Waals surface area contributed by atoms with E-state index in [1.165, 1.54) is 0 Å². The fraction of sp³-hybridized carbons (Fsp3) is 0.417. The summed E-state index contributed by atoms with van der Waals surface area (Å²) in [7, 11) is 0. The minimum Gasteiger partial charge on any atom is -0.330 e. The third kappa shape index (κ3) is 4.42. The molecule has 1 atom stereocenters. The number of hydrogen-bond acceptors (Lipinski definition) is 3. The van der Waals surface area contributed by atoms with E-state index in [0.717, 1.165) is 18.5 Å². The SMILES string of the molecule is NCCCCC(N)C(=O)Nc1ccccc1. The second-order valence-electron chi connectivity index (χ2n) is 3.75. The molecule has 4 nitrogen and oxygen atoms in total. The lowest BCUT2D eigenvalue weighted by molar-refractivity contribution is -0.117. The first-order valence-corrected chi connectivity index (χ1v) is 5.55. The van der Waals surface area contributed by atoms with E-state index in [2.05, 4.69) is 5.32 Å². The third-order valence-electron chi connectivity index (χ3n) is 2.35. The molecular weight excluding hydrogens is 202 g/mol. The fourth-order valence-corrected chi connectivity index (χ4v) is 1.40. The lowest BCUT2D eigenvalue weighted by Crippen LogP contribution is -2.35. The van der Waals surface area contributed by atoms with Crippen molar-refractivity contribution in [2.45, 2.75) is 25.3 Å². The minimum absolute atomic E-state index is 0.136. The number of nitrogens with one attached hydrogen (secondary N) is 1. The summed E-state index contributed by atoms with van der Waals surface area (Å²) in [5.41, 5.74) is 11.9. The largest absolute Gasteiger partial charge is 0.330 e. The van der Waals surface area contributed by atoms with Crippen LogP contribution < -0.4 is 16.8 Å². The van der Waals surface area contributed by atoms with E-state index in [-0.39, 0.29) is 5.91 Å². The molecule has 0 saturated heterocycles. The molecule has 0 aliphatic heterocycles. The summed E-state index contributed by atoms with van der Waals surface area (Å²) in [6.07, 6.45) is 2.47. The molecule has 0 heterocycles. The summed E-state index contributed by atoms with van der Waals surface area (Å²) in [5.74, 6) is -0.136. The normalized spacial score (nSPS) is 12.1. The Morgan fingerprint density at radius 2 is 1.94 bits per heavy atom. The van der Waals surface area contributed by atoms with Crippen molar-refractivity contribution >= 4 is 11.6 Å². The highest BCUT2D eigenvalue weighted by Gasteiger charge is 2.12. The third-order valence-corrected chi connectivity index (χ3v) is 2.35. The molecule has 0 aliphatic rings. The molecule has 0 fully saturated rings. The van der Waals surface area contributed by atoms with E-state index in [1.807, 2.05) is 30.3 Å². The average Bonchev–Trinajstić information content (AvgIpc) is 2.30. The van der Waals surface area contributed by atoms with Gasteiger partial charge in [-0.05, 0) is 31.5 Å². The summed E-state index contributed by atoms with van der Waals surface area (Å²) < 4.78 is 0. The summed E-state index contributed by atoms with van der Waals surface area (Å²) in [6, 6.07) is 8.86. The van der Waals surface area contributed by atoms with Gasteiger partial charge in [0.15, 0.2) is 0 Å². The number of rotatable bonds is 6. The molecule has 0 aromatic heterocycles. The molecule has 5 N–H and O–H groups in total. The van der Waals surface area contributed by atoms with Gasteiger partial charge in [-0.15, -0.1) is 0 Å². The van der Waals surface area contributed by atoms with Crippen molar-refractivity contribution in [2.75, 3.05) is 11.9 Å². The van der Waals surface area contributed by atoms with E-state index in [9.17, 15) is 4.79 Å². The van der Waals surface area contributed by atoms with Gasteiger partial charge in [0.1, 0.15) is 0 Å². The van der Waals surface area contributed by atoms with Crippen molar-refractivity contribution in [3.8, 4) is 0 Å². The number of hydrogen-bond donors (Lipinski definition) is 3. The van der Waals surface area contributed by atoms with E-state index in [4.69, 9.17) is 11.5 Å². The number of benzene rings is 1. The van der Waals surface area contributed by atoms with Crippen LogP contribution in [-0.2, 0) is 4.79 Å². The van der Waals surface area contributed by atoms with Gasteiger partial charge in [0.2, 0.25) is 5.91 Å². The van der Waals surface area contributed by atoms with E-state index < -0.39 is 6.04 Å². The number of unbranched alkanes of at least 4 members (excludes halogenated alkanes) is 1. The van der Waals surface area contributed by atoms with Gasteiger partial charge in [0.25, 0.3) is 0 Å². The molecule has 1 unspecified atom stereocenters. The molecule has 1 amide bonds. The maximum absolute atomic E-state index is 11.6. The molecular formula is C12H19N3O. The predicted molar refractivity (Wildman–Crippen MR) is 66.0 cm³/mol. The van der Waals surface area contributed by atoms with Crippen LogP contribution in [0.15, 0.2) is 30.3 Å². The topological polar surface area (TPSA) is 81.1 Å². The molecule has 0 saturated carbocycles. The van der Waals surface area contributed by atoms with E-state index >= 15 is 0 Å². The van der Waals surface area contributed by atoms with Gasteiger partial charge in [0, 0.05) is 5.69 Å². The maximum atomic E-state index is 11.6. The minimum atomic E-state index is -0.452. The van der Waals surface area contributed by atoms with Crippen LogP contribution in [-0.4, -0.2) is 18.5 Å². The van der Waals surface area contributed by atoms with Crippen molar-refractivity contribution < 1.29 is 4.79 Å². The van der Waals surface area contributed by atoms with Gasteiger partial charge in [-0.1, -0.05) is 24.6 Å². The lowest BCUT2D eigenvalue weighted by atomic mass is 10.1. The summed E-state index contributed by atoms with van der Waals surface area (Å²) in [5, 5.41) is 2.77. The van der Waals surface area contributed by atoms with Gasteiger partial charge in [0.05, 0.1) is 6.04 Å². The van der Waals surface area contributed by atoms with Gasteiger partial charge in [-0.2, -0.15) is 0 Å². The summed E-state index contributed by atoms with van der Waals surface area (Å²) >= 11 is 0. The maximum Gasteiger partial charge on any atom is 0.241 e. The number of carbonyl (C=O) groups is 1. The molecule has 1 rings (SSSR count). The quantitative estimate of drug-likeness (QED) is 0.629. The predicted octanol–water partition coefficient (Wildman–Crippen LogP) is 1.08. The Morgan fingerprint density at radius 1 is 1.25 bits per heavy atom. The zero-order chi connectivity index (χ0) is 11.8. The fourth-order valence-electron chi connectivity index (χ4n) is 1.40. The summed E-state index contributed by atoms with van der Waals surface area (Å²) in [6.45, 7) is 0.646.